The Bertz CT molecular complexity index is 625. The van der Waals surface area contributed by atoms with Gasteiger partial charge >= 0.3 is 0 Å². The number of hydrogen-bond acceptors (Lipinski definition) is 4. The summed E-state index contributed by atoms with van der Waals surface area (Å²) < 4.78 is 0. The Morgan fingerprint density at radius 3 is 2.71 bits per heavy atom. The lowest BCUT2D eigenvalue weighted by molar-refractivity contribution is 0.912. The number of H-pyrrole nitrogens is 1. The molecule has 0 aromatic carbocycles. The van der Waals surface area contributed by atoms with E-state index in [0.29, 0.717) is 5.92 Å². The van der Waals surface area contributed by atoms with E-state index in [1.807, 2.05) is 13.8 Å². The Hall–Kier alpha value is -1.49. The zero-order valence-electron chi connectivity index (χ0n) is 9.78. The topological polar surface area (TPSA) is 58.6 Å². The molecule has 1 aliphatic carbocycles. The van der Waals surface area contributed by atoms with Gasteiger partial charge in [0.2, 0.25) is 0 Å². The maximum absolute atomic E-state index is 11.6. The number of aryl methyl sites for hydroxylation is 2. The van der Waals surface area contributed by atoms with Crippen molar-refractivity contribution in [3.8, 4) is 10.6 Å². The Balaban J connectivity index is 2.13. The van der Waals surface area contributed by atoms with E-state index in [1.165, 1.54) is 0 Å². The fraction of sp³-hybridized carbons (Fsp3) is 0.417. The summed E-state index contributed by atoms with van der Waals surface area (Å²) in [6.45, 7) is 3.93. The maximum atomic E-state index is 11.6. The van der Waals surface area contributed by atoms with Crippen LogP contribution in [0.2, 0.25) is 0 Å². The predicted molar refractivity (Wildman–Crippen MR) is 67.4 cm³/mol. The summed E-state index contributed by atoms with van der Waals surface area (Å²) in [4.78, 5) is 24.4. The van der Waals surface area contributed by atoms with Gasteiger partial charge < -0.3 is 4.98 Å². The molecule has 0 amide bonds. The normalized spacial score (nSPS) is 15.2. The molecule has 0 bridgehead atoms. The number of hydrogen-bond donors (Lipinski definition) is 1. The van der Waals surface area contributed by atoms with Crippen LogP contribution < -0.4 is 5.56 Å². The number of aromatic nitrogens is 3. The van der Waals surface area contributed by atoms with Gasteiger partial charge in [0.15, 0.2) is 0 Å². The van der Waals surface area contributed by atoms with Gasteiger partial charge in [-0.1, -0.05) is 0 Å². The molecule has 2 aromatic rings. The average Bonchev–Trinajstić information content (AvgIpc) is 3.04. The van der Waals surface area contributed by atoms with Crippen molar-refractivity contribution in [2.75, 3.05) is 0 Å². The molecule has 1 fully saturated rings. The van der Waals surface area contributed by atoms with Gasteiger partial charge in [0.25, 0.3) is 5.56 Å². The van der Waals surface area contributed by atoms with E-state index in [0.717, 1.165) is 39.9 Å². The van der Waals surface area contributed by atoms with Crippen molar-refractivity contribution in [1.29, 1.82) is 0 Å². The average molecular weight is 247 g/mol. The summed E-state index contributed by atoms with van der Waals surface area (Å²) in [5.41, 5.74) is 1.65. The van der Waals surface area contributed by atoms with Crippen LogP contribution in [0.4, 0.5) is 0 Å². The molecule has 17 heavy (non-hydrogen) atoms. The van der Waals surface area contributed by atoms with Crippen molar-refractivity contribution in [2.24, 2.45) is 0 Å². The van der Waals surface area contributed by atoms with Gasteiger partial charge in [0, 0.05) is 12.0 Å². The summed E-state index contributed by atoms with van der Waals surface area (Å²) in [6, 6.07) is 1.56. The Morgan fingerprint density at radius 2 is 2.12 bits per heavy atom. The molecule has 0 unspecified atom stereocenters. The van der Waals surface area contributed by atoms with Crippen LogP contribution in [0.3, 0.4) is 0 Å². The van der Waals surface area contributed by atoms with E-state index in [9.17, 15) is 4.79 Å². The molecule has 0 atom stereocenters. The molecule has 0 radical (unpaired) electrons. The molecule has 1 N–H and O–H groups in total. The van der Waals surface area contributed by atoms with Gasteiger partial charge in [-0.2, -0.15) is 0 Å². The van der Waals surface area contributed by atoms with Crippen LogP contribution in [0.25, 0.3) is 10.6 Å². The van der Waals surface area contributed by atoms with Crippen molar-refractivity contribution in [1.82, 2.24) is 15.0 Å². The van der Waals surface area contributed by atoms with Crippen LogP contribution in [-0.4, -0.2) is 15.0 Å². The minimum Gasteiger partial charge on any atom is -0.310 e. The SMILES string of the molecule is Cc1nc(C)c(-c2cc(=O)[nH]c(C3CC3)n2)s1. The smallest absolute Gasteiger partial charge is 0.251 e. The van der Waals surface area contributed by atoms with Gasteiger partial charge in [-0.05, 0) is 26.7 Å². The van der Waals surface area contributed by atoms with E-state index in [4.69, 9.17) is 0 Å². The van der Waals surface area contributed by atoms with Gasteiger partial charge in [-0.15, -0.1) is 11.3 Å². The number of thiazole rings is 1. The fourth-order valence-corrected chi connectivity index (χ4v) is 2.79. The fourth-order valence-electron chi connectivity index (χ4n) is 1.91. The molecule has 0 saturated heterocycles. The Labute approximate surface area is 103 Å². The van der Waals surface area contributed by atoms with Crippen LogP contribution in [0, 0.1) is 13.8 Å². The van der Waals surface area contributed by atoms with Crippen molar-refractivity contribution in [2.45, 2.75) is 32.6 Å². The molecule has 0 spiro atoms. The highest BCUT2D eigenvalue weighted by Gasteiger charge is 2.26. The largest absolute Gasteiger partial charge is 0.310 e. The summed E-state index contributed by atoms with van der Waals surface area (Å²) in [7, 11) is 0. The monoisotopic (exact) mass is 247 g/mol. The first-order valence-electron chi connectivity index (χ1n) is 5.69. The number of nitrogens with one attached hydrogen (secondary N) is 1. The standard InChI is InChI=1S/C12H13N3OS/c1-6-11(17-7(2)13-6)9-5-10(16)15-12(14-9)8-3-4-8/h5,8H,3-4H2,1-2H3,(H,14,15,16). The first kappa shape index (κ1) is 10.7. The molecule has 1 aliphatic rings. The third-order valence-corrected chi connectivity index (χ3v) is 3.96. The lowest BCUT2D eigenvalue weighted by Gasteiger charge is -2.01. The first-order valence-corrected chi connectivity index (χ1v) is 6.51. The lowest BCUT2D eigenvalue weighted by atomic mass is 10.3. The summed E-state index contributed by atoms with van der Waals surface area (Å²) >= 11 is 1.59. The zero-order chi connectivity index (χ0) is 12.0. The molecular weight excluding hydrogens is 234 g/mol. The molecular formula is C12H13N3OS. The van der Waals surface area contributed by atoms with Crippen LogP contribution >= 0.6 is 11.3 Å². The minimum absolute atomic E-state index is 0.0673. The summed E-state index contributed by atoms with van der Waals surface area (Å²) in [5.74, 6) is 1.29. The number of aromatic amines is 1. The van der Waals surface area contributed by atoms with Crippen LogP contribution in [0.15, 0.2) is 10.9 Å². The van der Waals surface area contributed by atoms with Gasteiger partial charge in [-0.3, -0.25) is 4.79 Å². The van der Waals surface area contributed by atoms with Gasteiger partial charge in [0.05, 0.1) is 21.3 Å². The predicted octanol–water partition coefficient (Wildman–Crippen LogP) is 2.39. The Morgan fingerprint density at radius 1 is 1.35 bits per heavy atom. The molecule has 0 aliphatic heterocycles. The second-order valence-corrected chi connectivity index (χ2v) is 5.64. The highest BCUT2D eigenvalue weighted by molar-refractivity contribution is 7.15. The number of rotatable bonds is 2. The zero-order valence-corrected chi connectivity index (χ0v) is 10.6. The van der Waals surface area contributed by atoms with E-state index in [2.05, 4.69) is 15.0 Å². The van der Waals surface area contributed by atoms with Crippen molar-refractivity contribution >= 4 is 11.3 Å². The molecule has 2 heterocycles. The van der Waals surface area contributed by atoms with Crippen LogP contribution in [0.1, 0.15) is 35.3 Å². The van der Waals surface area contributed by atoms with E-state index < -0.39 is 0 Å². The minimum atomic E-state index is -0.0673. The third kappa shape index (κ3) is 2.02. The van der Waals surface area contributed by atoms with Gasteiger partial charge in [0.1, 0.15) is 5.82 Å². The van der Waals surface area contributed by atoms with Crippen molar-refractivity contribution in [3.05, 3.63) is 32.9 Å². The molecule has 88 valence electrons. The van der Waals surface area contributed by atoms with E-state index in [-0.39, 0.29) is 5.56 Å². The quantitative estimate of drug-likeness (QED) is 0.886. The first-order chi connectivity index (χ1) is 8.13. The number of nitrogens with zero attached hydrogens (tertiary/aromatic N) is 2. The Kier molecular flexibility index (Phi) is 2.36. The highest BCUT2D eigenvalue weighted by atomic mass is 32.1. The lowest BCUT2D eigenvalue weighted by Crippen LogP contribution is -2.10. The molecule has 4 nitrogen and oxygen atoms in total. The van der Waals surface area contributed by atoms with E-state index >= 15 is 0 Å². The molecule has 1 saturated carbocycles. The molecule has 2 aromatic heterocycles. The summed E-state index contributed by atoms with van der Waals surface area (Å²) in [6.07, 6.45) is 2.26. The maximum Gasteiger partial charge on any atom is 0.251 e. The second kappa shape index (κ2) is 3.77. The van der Waals surface area contributed by atoms with Gasteiger partial charge in [-0.25, -0.2) is 9.97 Å². The molecule has 3 rings (SSSR count). The van der Waals surface area contributed by atoms with Crippen molar-refractivity contribution in [3.63, 3.8) is 0 Å². The third-order valence-electron chi connectivity index (χ3n) is 2.86. The van der Waals surface area contributed by atoms with Crippen LogP contribution in [-0.2, 0) is 0 Å². The van der Waals surface area contributed by atoms with Crippen molar-refractivity contribution < 1.29 is 0 Å². The molecule has 5 heteroatoms. The van der Waals surface area contributed by atoms with Crippen LogP contribution in [0.5, 0.6) is 0 Å². The summed E-state index contributed by atoms with van der Waals surface area (Å²) in [5, 5.41) is 1.01. The second-order valence-electron chi connectivity index (χ2n) is 4.44. The van der Waals surface area contributed by atoms with E-state index in [1.54, 1.807) is 17.4 Å². The highest BCUT2D eigenvalue weighted by Crippen LogP contribution is 2.38.